The molecule has 0 aliphatic carbocycles. The van der Waals surface area contributed by atoms with Crippen molar-refractivity contribution in [1.82, 2.24) is 19.7 Å². The van der Waals surface area contributed by atoms with E-state index in [-0.39, 0.29) is 43.5 Å². The number of carbonyl (C=O) groups is 3. The lowest BCUT2D eigenvalue weighted by atomic mass is 10.1. The topological polar surface area (TPSA) is 83.9 Å². The number of nitrogens with zero attached hydrogens (tertiary/aromatic N) is 3. The van der Waals surface area contributed by atoms with Crippen molar-refractivity contribution in [2.24, 2.45) is 0 Å². The zero-order valence-corrected chi connectivity index (χ0v) is 19.9. The molecular weight excluding hydrogens is 459 g/mol. The van der Waals surface area contributed by atoms with Crippen molar-refractivity contribution in [1.29, 1.82) is 0 Å². The van der Waals surface area contributed by atoms with Gasteiger partial charge in [-0.2, -0.15) is 0 Å². The van der Waals surface area contributed by atoms with Crippen LogP contribution in [0, 0.1) is 5.82 Å². The molecule has 1 aliphatic rings. The average Bonchev–Trinajstić information content (AvgIpc) is 3.41. The molecule has 180 valence electrons. The summed E-state index contributed by atoms with van der Waals surface area (Å²) in [5, 5.41) is 5.46. The summed E-state index contributed by atoms with van der Waals surface area (Å²) in [5.74, 6) is -0.957. The summed E-state index contributed by atoms with van der Waals surface area (Å²) in [6.45, 7) is 4.92. The smallest absolute Gasteiger partial charge is 0.325 e. The molecule has 4 rings (SSSR count). The van der Waals surface area contributed by atoms with Crippen molar-refractivity contribution in [3.8, 4) is 0 Å². The fourth-order valence-corrected chi connectivity index (χ4v) is 5.07. The number of rotatable bonds is 6. The number of amides is 3. The SMILES string of the molecule is CCOC(=O)CNC(=O)N1CCN(C(=O)c2cc3ccsc3n2Cc2ccccc2F)CC1C. The molecule has 1 saturated heterocycles. The first kappa shape index (κ1) is 23.7. The Morgan fingerprint density at radius 3 is 2.74 bits per heavy atom. The number of fused-ring (bicyclic) bond motifs is 1. The van der Waals surface area contributed by atoms with E-state index in [2.05, 4.69) is 5.32 Å². The third kappa shape index (κ3) is 4.91. The van der Waals surface area contributed by atoms with Crippen molar-refractivity contribution in [3.05, 3.63) is 58.9 Å². The van der Waals surface area contributed by atoms with E-state index in [1.807, 2.05) is 29.0 Å². The summed E-state index contributed by atoms with van der Waals surface area (Å²) in [4.78, 5) is 41.8. The fraction of sp³-hybridized carbons (Fsp3) is 0.375. The highest BCUT2D eigenvalue weighted by molar-refractivity contribution is 7.16. The molecule has 3 aromatic rings. The largest absolute Gasteiger partial charge is 0.465 e. The third-order valence-corrected chi connectivity index (χ3v) is 6.82. The van der Waals surface area contributed by atoms with E-state index in [0.29, 0.717) is 30.9 Å². The summed E-state index contributed by atoms with van der Waals surface area (Å²) in [7, 11) is 0. The monoisotopic (exact) mass is 486 g/mol. The number of benzene rings is 1. The minimum Gasteiger partial charge on any atom is -0.465 e. The second kappa shape index (κ2) is 10.3. The van der Waals surface area contributed by atoms with Crippen LogP contribution in [0.2, 0.25) is 0 Å². The Balaban J connectivity index is 1.47. The first-order valence-corrected chi connectivity index (χ1v) is 12.1. The lowest BCUT2D eigenvalue weighted by molar-refractivity contribution is -0.141. The van der Waals surface area contributed by atoms with Gasteiger partial charge in [0.1, 0.15) is 22.9 Å². The Kier molecular flexibility index (Phi) is 7.16. The first-order valence-electron chi connectivity index (χ1n) is 11.2. The normalized spacial score (nSPS) is 16.0. The number of ether oxygens (including phenoxy) is 1. The Bertz CT molecular complexity index is 1210. The highest BCUT2D eigenvalue weighted by Gasteiger charge is 2.32. The van der Waals surface area contributed by atoms with E-state index in [1.165, 1.54) is 17.4 Å². The van der Waals surface area contributed by atoms with Crippen molar-refractivity contribution < 1.29 is 23.5 Å². The van der Waals surface area contributed by atoms with Crippen molar-refractivity contribution in [2.45, 2.75) is 26.4 Å². The molecule has 3 heterocycles. The van der Waals surface area contributed by atoms with Crippen LogP contribution in [0.3, 0.4) is 0 Å². The number of piperazine rings is 1. The van der Waals surface area contributed by atoms with Crippen LogP contribution in [0.1, 0.15) is 29.9 Å². The number of urea groups is 1. The van der Waals surface area contributed by atoms with Gasteiger partial charge in [-0.15, -0.1) is 11.3 Å². The van der Waals surface area contributed by atoms with Gasteiger partial charge in [0, 0.05) is 36.6 Å². The zero-order valence-electron chi connectivity index (χ0n) is 19.1. The van der Waals surface area contributed by atoms with Crippen molar-refractivity contribution in [3.63, 3.8) is 0 Å². The number of thiophene rings is 1. The van der Waals surface area contributed by atoms with E-state index >= 15 is 0 Å². The molecule has 1 aromatic carbocycles. The Morgan fingerprint density at radius 2 is 2.00 bits per heavy atom. The molecule has 1 atom stereocenters. The average molecular weight is 487 g/mol. The maximum Gasteiger partial charge on any atom is 0.325 e. The molecule has 0 spiro atoms. The highest BCUT2D eigenvalue weighted by atomic mass is 32.1. The van der Waals surface area contributed by atoms with Gasteiger partial charge in [-0.1, -0.05) is 18.2 Å². The van der Waals surface area contributed by atoms with Gasteiger partial charge in [0.2, 0.25) is 0 Å². The number of aromatic nitrogens is 1. The molecule has 0 saturated carbocycles. The van der Waals surface area contributed by atoms with Crippen LogP contribution in [0.4, 0.5) is 9.18 Å². The molecule has 3 amide bonds. The fourth-order valence-electron chi connectivity index (χ4n) is 4.17. The van der Waals surface area contributed by atoms with Crippen LogP contribution in [-0.4, -0.2) is 71.1 Å². The van der Waals surface area contributed by atoms with Crippen molar-refractivity contribution in [2.75, 3.05) is 32.8 Å². The van der Waals surface area contributed by atoms with Gasteiger partial charge in [-0.25, -0.2) is 9.18 Å². The predicted octanol–water partition coefficient (Wildman–Crippen LogP) is 3.31. The van der Waals surface area contributed by atoms with Crippen LogP contribution in [0.5, 0.6) is 0 Å². The molecule has 0 bridgehead atoms. The number of nitrogens with one attached hydrogen (secondary N) is 1. The minimum atomic E-state index is -0.493. The highest BCUT2D eigenvalue weighted by Crippen LogP contribution is 2.28. The molecule has 1 unspecified atom stereocenters. The van der Waals surface area contributed by atoms with Crippen LogP contribution < -0.4 is 5.32 Å². The Morgan fingerprint density at radius 1 is 1.21 bits per heavy atom. The third-order valence-electron chi connectivity index (χ3n) is 5.87. The number of hydrogen-bond acceptors (Lipinski definition) is 5. The number of esters is 1. The minimum absolute atomic E-state index is 0.154. The molecule has 0 radical (unpaired) electrons. The van der Waals surface area contributed by atoms with Gasteiger partial charge in [-0.05, 0) is 37.4 Å². The molecule has 1 N–H and O–H groups in total. The molecule has 34 heavy (non-hydrogen) atoms. The summed E-state index contributed by atoms with van der Waals surface area (Å²) >= 11 is 1.51. The summed E-state index contributed by atoms with van der Waals surface area (Å²) < 4.78 is 21.0. The predicted molar refractivity (Wildman–Crippen MR) is 127 cm³/mol. The van der Waals surface area contributed by atoms with Crippen molar-refractivity contribution >= 4 is 39.5 Å². The quantitative estimate of drug-likeness (QED) is 0.542. The van der Waals surface area contributed by atoms with E-state index in [9.17, 15) is 18.8 Å². The van der Waals surface area contributed by atoms with Gasteiger partial charge in [0.25, 0.3) is 5.91 Å². The second-order valence-corrected chi connectivity index (χ2v) is 9.04. The van der Waals surface area contributed by atoms with Gasteiger partial charge in [0.15, 0.2) is 0 Å². The molecular formula is C24H27FN4O4S. The van der Waals surface area contributed by atoms with E-state index in [1.54, 1.807) is 34.9 Å². The molecule has 2 aromatic heterocycles. The van der Waals surface area contributed by atoms with Crippen LogP contribution in [0.15, 0.2) is 41.8 Å². The zero-order chi connectivity index (χ0) is 24.2. The summed E-state index contributed by atoms with van der Waals surface area (Å²) in [6, 6.07) is 9.75. The Labute approximate surface area is 200 Å². The van der Waals surface area contributed by atoms with Gasteiger partial charge < -0.3 is 24.4 Å². The molecule has 1 aliphatic heterocycles. The molecule has 1 fully saturated rings. The first-order chi connectivity index (χ1) is 16.4. The van der Waals surface area contributed by atoms with E-state index in [0.717, 1.165) is 10.2 Å². The Hall–Kier alpha value is -3.40. The van der Waals surface area contributed by atoms with Crippen LogP contribution in [-0.2, 0) is 16.1 Å². The maximum absolute atomic E-state index is 14.3. The second-order valence-electron chi connectivity index (χ2n) is 8.15. The number of hydrogen-bond donors (Lipinski definition) is 1. The van der Waals surface area contributed by atoms with Gasteiger partial charge >= 0.3 is 12.0 Å². The van der Waals surface area contributed by atoms with E-state index < -0.39 is 5.97 Å². The molecule has 10 heteroatoms. The maximum atomic E-state index is 14.3. The van der Waals surface area contributed by atoms with Gasteiger partial charge in [-0.3, -0.25) is 9.59 Å². The van der Waals surface area contributed by atoms with Crippen LogP contribution >= 0.6 is 11.3 Å². The summed E-state index contributed by atoms with van der Waals surface area (Å²) in [6.07, 6.45) is 0. The lowest BCUT2D eigenvalue weighted by Gasteiger charge is -2.39. The molecule has 8 nitrogen and oxygen atoms in total. The standard InChI is InChI=1S/C24H27FN4O4S/c1-3-33-21(30)13-26-24(32)28-10-9-27(14-16(28)2)22(31)20-12-17-8-11-34-23(17)29(20)15-18-6-4-5-7-19(18)25/h4-8,11-12,16H,3,9-10,13-15H2,1-2H3,(H,26,32). The van der Waals surface area contributed by atoms with Gasteiger partial charge in [0.05, 0.1) is 13.2 Å². The van der Waals surface area contributed by atoms with E-state index in [4.69, 9.17) is 4.74 Å². The number of halogens is 1. The van der Waals surface area contributed by atoms with Crippen LogP contribution in [0.25, 0.3) is 10.2 Å². The lowest BCUT2D eigenvalue weighted by Crippen LogP contribution is -2.58. The summed E-state index contributed by atoms with van der Waals surface area (Å²) in [5.41, 5.74) is 1.01. The number of carbonyl (C=O) groups excluding carboxylic acids is 3.